The molecule has 0 saturated carbocycles. The van der Waals surface area contributed by atoms with Crippen LogP contribution in [0.25, 0.3) is 5.65 Å². The lowest BCUT2D eigenvalue weighted by atomic mass is 10.1. The van der Waals surface area contributed by atoms with Gasteiger partial charge in [-0.25, -0.2) is 4.98 Å². The number of imidazole rings is 1. The fourth-order valence-electron chi connectivity index (χ4n) is 4.24. The van der Waals surface area contributed by atoms with E-state index >= 15 is 0 Å². The van der Waals surface area contributed by atoms with E-state index in [2.05, 4.69) is 15.6 Å². The maximum atomic E-state index is 12.9. The van der Waals surface area contributed by atoms with Crippen LogP contribution in [-0.2, 0) is 17.9 Å². The molecule has 2 N–H and O–H groups in total. The Kier molecular flexibility index (Phi) is 6.85. The van der Waals surface area contributed by atoms with Crippen LogP contribution in [0.1, 0.15) is 37.5 Å². The van der Waals surface area contributed by atoms with Gasteiger partial charge in [-0.05, 0) is 48.4 Å². The summed E-state index contributed by atoms with van der Waals surface area (Å²) in [6.45, 7) is 3.54. The molecule has 1 fully saturated rings. The van der Waals surface area contributed by atoms with Crippen LogP contribution in [0.5, 0.6) is 5.75 Å². The van der Waals surface area contributed by atoms with Gasteiger partial charge in [0, 0.05) is 37.6 Å². The number of nitrogens with one attached hydrogen (secondary N) is 2. The van der Waals surface area contributed by atoms with Crippen LogP contribution in [0.4, 0.5) is 0 Å². The summed E-state index contributed by atoms with van der Waals surface area (Å²) in [7, 11) is 0. The molecule has 37 heavy (non-hydrogen) atoms. The van der Waals surface area contributed by atoms with Crippen molar-refractivity contribution in [2.24, 2.45) is 0 Å². The van der Waals surface area contributed by atoms with Crippen molar-refractivity contribution in [3.8, 4) is 5.75 Å². The Bertz CT molecular complexity index is 1460. The van der Waals surface area contributed by atoms with Crippen molar-refractivity contribution in [1.82, 2.24) is 24.9 Å². The van der Waals surface area contributed by atoms with Crippen molar-refractivity contribution in [2.75, 3.05) is 19.6 Å². The third-order valence-corrected chi connectivity index (χ3v) is 6.21. The van der Waals surface area contributed by atoms with Gasteiger partial charge in [-0.1, -0.05) is 30.3 Å². The van der Waals surface area contributed by atoms with Gasteiger partial charge in [0.05, 0.1) is 17.8 Å². The smallest absolute Gasteiger partial charge is 0.255 e. The zero-order valence-electron chi connectivity index (χ0n) is 20.4. The van der Waals surface area contributed by atoms with Gasteiger partial charge in [-0.3, -0.25) is 14.4 Å². The standard InChI is InChI=1S/C28H27N5O4/c1-19-5-4-13-32-16-22(31-26(19)32)18-37-24-7-3-2-6-23(24)27(35)30-15-20-8-10-21(11-9-20)28(36)33-14-12-29-25(34)17-33/h2-11,13,16H,12,14-15,17-18H2,1H3,(H,29,34)(H,30,35). The van der Waals surface area contributed by atoms with E-state index in [0.717, 1.165) is 22.5 Å². The number of carbonyl (C=O) groups is 3. The fraction of sp³-hybridized carbons (Fsp3) is 0.214. The number of rotatable bonds is 7. The largest absolute Gasteiger partial charge is 0.486 e. The highest BCUT2D eigenvalue weighted by atomic mass is 16.5. The van der Waals surface area contributed by atoms with Gasteiger partial charge in [-0.15, -0.1) is 0 Å². The van der Waals surface area contributed by atoms with Gasteiger partial charge < -0.3 is 24.7 Å². The number of fused-ring (bicyclic) bond motifs is 1. The minimum absolute atomic E-state index is 0.0644. The van der Waals surface area contributed by atoms with E-state index in [4.69, 9.17) is 4.74 Å². The summed E-state index contributed by atoms with van der Waals surface area (Å²) in [5.74, 6) is -0.130. The van der Waals surface area contributed by atoms with E-state index in [9.17, 15) is 14.4 Å². The fourth-order valence-corrected chi connectivity index (χ4v) is 4.24. The maximum absolute atomic E-state index is 12.9. The van der Waals surface area contributed by atoms with Gasteiger partial charge in [-0.2, -0.15) is 0 Å². The predicted molar refractivity (Wildman–Crippen MR) is 137 cm³/mol. The highest BCUT2D eigenvalue weighted by molar-refractivity contribution is 5.97. The Labute approximate surface area is 214 Å². The molecule has 4 aromatic rings. The van der Waals surface area contributed by atoms with Crippen LogP contribution in [0, 0.1) is 6.92 Å². The van der Waals surface area contributed by atoms with Crippen molar-refractivity contribution >= 4 is 23.4 Å². The van der Waals surface area contributed by atoms with Gasteiger partial charge in [0.15, 0.2) is 0 Å². The summed E-state index contributed by atoms with van der Waals surface area (Å²) in [6.07, 6.45) is 3.86. The lowest BCUT2D eigenvalue weighted by Crippen LogP contribution is -2.49. The Morgan fingerprint density at radius 3 is 2.68 bits per heavy atom. The molecule has 0 spiro atoms. The monoisotopic (exact) mass is 497 g/mol. The first-order valence-electron chi connectivity index (χ1n) is 12.1. The van der Waals surface area contributed by atoms with Crippen LogP contribution >= 0.6 is 0 Å². The first-order valence-corrected chi connectivity index (χ1v) is 12.1. The zero-order chi connectivity index (χ0) is 25.8. The van der Waals surface area contributed by atoms with Gasteiger partial charge in [0.25, 0.3) is 11.8 Å². The van der Waals surface area contributed by atoms with Crippen LogP contribution < -0.4 is 15.4 Å². The first-order chi connectivity index (χ1) is 18.0. The lowest BCUT2D eigenvalue weighted by molar-refractivity contribution is -0.123. The number of benzene rings is 2. The zero-order valence-corrected chi connectivity index (χ0v) is 20.4. The second-order valence-electron chi connectivity index (χ2n) is 8.90. The molecule has 1 aliphatic rings. The molecule has 2 aromatic heterocycles. The number of amides is 3. The summed E-state index contributed by atoms with van der Waals surface area (Å²) in [6, 6.07) is 18.1. The summed E-state index contributed by atoms with van der Waals surface area (Å²) < 4.78 is 7.92. The molecule has 188 valence electrons. The number of para-hydroxylation sites is 1. The summed E-state index contributed by atoms with van der Waals surface area (Å²) in [4.78, 5) is 43.3. The minimum atomic E-state index is -0.263. The third kappa shape index (κ3) is 5.45. The molecule has 9 nitrogen and oxygen atoms in total. The molecule has 0 aliphatic carbocycles. The van der Waals surface area contributed by atoms with Crippen LogP contribution in [0.15, 0.2) is 73.1 Å². The number of hydrogen-bond donors (Lipinski definition) is 2. The normalized spacial score (nSPS) is 13.3. The summed E-state index contributed by atoms with van der Waals surface area (Å²) >= 11 is 0. The van der Waals surface area contributed by atoms with Gasteiger partial charge in [0.2, 0.25) is 5.91 Å². The van der Waals surface area contributed by atoms with E-state index in [0.29, 0.717) is 36.5 Å². The van der Waals surface area contributed by atoms with E-state index in [-0.39, 0.29) is 30.9 Å². The molecule has 1 aliphatic heterocycles. The van der Waals surface area contributed by atoms with E-state index in [1.165, 1.54) is 4.90 Å². The van der Waals surface area contributed by atoms with Crippen LogP contribution in [0.3, 0.4) is 0 Å². The predicted octanol–water partition coefficient (Wildman–Crippen LogP) is 2.72. The number of nitrogens with zero attached hydrogens (tertiary/aromatic N) is 3. The molecule has 3 amide bonds. The van der Waals surface area contributed by atoms with E-state index in [1.54, 1.807) is 42.5 Å². The number of carbonyl (C=O) groups excluding carboxylic acids is 3. The Balaban J connectivity index is 1.19. The van der Waals surface area contributed by atoms with Crippen molar-refractivity contribution in [2.45, 2.75) is 20.1 Å². The van der Waals surface area contributed by atoms with Crippen molar-refractivity contribution in [1.29, 1.82) is 0 Å². The molecule has 9 heteroatoms. The minimum Gasteiger partial charge on any atom is -0.486 e. The molecule has 0 radical (unpaired) electrons. The number of ether oxygens (including phenoxy) is 1. The van der Waals surface area contributed by atoms with E-state index in [1.807, 2.05) is 41.9 Å². The van der Waals surface area contributed by atoms with Gasteiger partial charge >= 0.3 is 0 Å². The quantitative estimate of drug-likeness (QED) is 0.409. The molecule has 1 saturated heterocycles. The number of piperazine rings is 1. The van der Waals surface area contributed by atoms with Crippen molar-refractivity contribution in [3.63, 3.8) is 0 Å². The number of hydrogen-bond acceptors (Lipinski definition) is 5. The van der Waals surface area contributed by atoms with Gasteiger partial charge in [0.1, 0.15) is 18.0 Å². The molecule has 0 unspecified atom stereocenters. The highest BCUT2D eigenvalue weighted by Crippen LogP contribution is 2.20. The average molecular weight is 498 g/mol. The Morgan fingerprint density at radius 1 is 1.08 bits per heavy atom. The SMILES string of the molecule is Cc1cccn2cc(COc3ccccc3C(=O)NCc3ccc(C(=O)N4CCNC(=O)C4)cc3)nc12. The second kappa shape index (κ2) is 10.5. The Hall–Kier alpha value is -4.66. The second-order valence-corrected chi connectivity index (χ2v) is 8.90. The number of aryl methyl sites for hydroxylation is 1. The number of pyridine rings is 1. The maximum Gasteiger partial charge on any atom is 0.255 e. The third-order valence-electron chi connectivity index (χ3n) is 6.21. The highest BCUT2D eigenvalue weighted by Gasteiger charge is 2.22. The van der Waals surface area contributed by atoms with Crippen LogP contribution in [-0.4, -0.2) is 51.6 Å². The molecule has 2 aromatic carbocycles. The molecular weight excluding hydrogens is 470 g/mol. The molecule has 5 rings (SSSR count). The van der Waals surface area contributed by atoms with Crippen molar-refractivity contribution in [3.05, 3.63) is 101 Å². The topological polar surface area (TPSA) is 105 Å². The summed E-state index contributed by atoms with van der Waals surface area (Å²) in [5, 5.41) is 5.62. The molecule has 3 heterocycles. The first kappa shape index (κ1) is 24.1. The Morgan fingerprint density at radius 2 is 1.89 bits per heavy atom. The van der Waals surface area contributed by atoms with Crippen molar-refractivity contribution < 1.29 is 19.1 Å². The number of aromatic nitrogens is 2. The molecular formula is C28H27N5O4. The average Bonchev–Trinajstić information content (AvgIpc) is 3.35. The lowest BCUT2D eigenvalue weighted by Gasteiger charge is -2.26. The molecule has 0 atom stereocenters. The summed E-state index contributed by atoms with van der Waals surface area (Å²) in [5.41, 5.74) is 4.50. The van der Waals surface area contributed by atoms with Crippen LogP contribution in [0.2, 0.25) is 0 Å². The van der Waals surface area contributed by atoms with E-state index < -0.39 is 0 Å². The molecule has 0 bridgehead atoms.